The number of hydrogen-bond acceptors (Lipinski definition) is 3. The molecule has 0 atom stereocenters. The van der Waals surface area contributed by atoms with Gasteiger partial charge in [-0.3, -0.25) is 14.2 Å². The second-order valence-electron chi connectivity index (χ2n) is 7.44. The van der Waals surface area contributed by atoms with Crippen molar-refractivity contribution in [2.24, 2.45) is 0 Å². The number of carbonyl (C=O) groups excluding carboxylic acids is 1. The number of amides is 1. The minimum atomic E-state index is -2.80. The number of benzene rings is 1. The molecule has 3 aromatic rings. The number of aromatic nitrogens is 4. The molecule has 1 aliphatic rings. The lowest BCUT2D eigenvalue weighted by Gasteiger charge is -2.07. The van der Waals surface area contributed by atoms with Crippen LogP contribution in [0.5, 0.6) is 0 Å². The number of nitrogens with zero attached hydrogens (tertiary/aromatic N) is 4. The number of alkyl halides is 2. The molecular weight excluding hydrogens is 471 g/mol. The van der Waals surface area contributed by atoms with Gasteiger partial charge >= 0.3 is 0 Å². The predicted octanol–water partition coefficient (Wildman–Crippen LogP) is 5.85. The molecule has 11 heteroatoms. The molecule has 1 amide bonds. The van der Waals surface area contributed by atoms with Gasteiger partial charge in [0.05, 0.1) is 27.3 Å². The highest BCUT2D eigenvalue weighted by molar-refractivity contribution is 6.42. The highest BCUT2D eigenvalue weighted by Gasteiger charge is 2.34. The summed E-state index contributed by atoms with van der Waals surface area (Å²) in [7, 11) is 0. The van der Waals surface area contributed by atoms with Gasteiger partial charge in [0.25, 0.3) is 6.43 Å². The molecule has 1 saturated carbocycles. The average Bonchev–Trinajstić information content (AvgIpc) is 3.39. The van der Waals surface area contributed by atoms with Crippen molar-refractivity contribution in [3.63, 3.8) is 0 Å². The van der Waals surface area contributed by atoms with Crippen molar-refractivity contribution in [2.75, 3.05) is 5.32 Å². The molecule has 0 unspecified atom stereocenters. The Kier molecular flexibility index (Phi) is 6.23. The molecule has 31 heavy (non-hydrogen) atoms. The first-order valence-electron chi connectivity index (χ1n) is 9.55. The minimum absolute atomic E-state index is 0.0490. The zero-order valence-corrected chi connectivity index (χ0v) is 18.6. The second-order valence-corrected chi connectivity index (χ2v) is 8.63. The lowest BCUT2D eigenvalue weighted by Crippen LogP contribution is -2.21. The fraction of sp³-hybridized carbons (Fsp3) is 0.350. The summed E-state index contributed by atoms with van der Waals surface area (Å²) in [4.78, 5) is 12.5. The Labute approximate surface area is 192 Å². The van der Waals surface area contributed by atoms with E-state index in [0.717, 1.165) is 24.1 Å². The zero-order chi connectivity index (χ0) is 22.3. The van der Waals surface area contributed by atoms with Gasteiger partial charge in [-0.25, -0.2) is 8.78 Å². The Bertz CT molecular complexity index is 1140. The summed E-state index contributed by atoms with van der Waals surface area (Å²) in [5.74, 6) is -0.0168. The molecule has 0 saturated heterocycles. The zero-order valence-electron chi connectivity index (χ0n) is 16.4. The van der Waals surface area contributed by atoms with E-state index < -0.39 is 18.0 Å². The minimum Gasteiger partial charge on any atom is -0.308 e. The van der Waals surface area contributed by atoms with Crippen molar-refractivity contribution in [1.29, 1.82) is 0 Å². The van der Waals surface area contributed by atoms with E-state index in [4.69, 9.17) is 34.8 Å². The van der Waals surface area contributed by atoms with Crippen molar-refractivity contribution in [2.45, 2.75) is 45.2 Å². The number of halogens is 5. The molecule has 6 nitrogen and oxygen atoms in total. The third kappa shape index (κ3) is 4.86. The molecular formula is C20H18Cl3F2N5O. The molecule has 164 valence electrons. The number of aryl methyl sites for hydroxylation is 1. The van der Waals surface area contributed by atoms with Crippen LogP contribution in [0.15, 0.2) is 24.3 Å². The Hall–Kier alpha value is -2.16. The molecule has 1 fully saturated rings. The lowest BCUT2D eigenvalue weighted by atomic mass is 10.2. The Morgan fingerprint density at radius 3 is 2.55 bits per heavy atom. The highest BCUT2D eigenvalue weighted by Crippen LogP contribution is 2.45. The molecule has 0 radical (unpaired) electrons. The maximum absolute atomic E-state index is 13.2. The molecule has 1 aromatic carbocycles. The van der Waals surface area contributed by atoms with Crippen LogP contribution in [0.4, 0.5) is 14.6 Å². The molecule has 1 N–H and O–H groups in total. The third-order valence-corrected chi connectivity index (χ3v) is 6.11. The summed E-state index contributed by atoms with van der Waals surface area (Å²) >= 11 is 18.1. The van der Waals surface area contributed by atoms with Crippen molar-refractivity contribution >= 4 is 46.5 Å². The van der Waals surface area contributed by atoms with Gasteiger partial charge in [-0.15, -0.1) is 0 Å². The van der Waals surface area contributed by atoms with Crippen LogP contribution in [0.1, 0.15) is 47.8 Å². The normalized spacial score (nSPS) is 13.8. The Morgan fingerprint density at radius 1 is 1.16 bits per heavy atom. The first kappa shape index (κ1) is 22.0. The number of anilines is 1. The summed E-state index contributed by atoms with van der Waals surface area (Å²) in [6.45, 7) is 2.07. The van der Waals surface area contributed by atoms with E-state index in [2.05, 4.69) is 15.5 Å². The summed E-state index contributed by atoms with van der Waals surface area (Å²) in [6.07, 6.45) is -1.11. The Balaban J connectivity index is 1.47. The van der Waals surface area contributed by atoms with Gasteiger partial charge < -0.3 is 5.32 Å². The monoisotopic (exact) mass is 487 g/mol. The largest absolute Gasteiger partial charge is 0.308 e. The number of nitrogens with one attached hydrogen (secondary N) is 1. The Morgan fingerprint density at radius 2 is 1.90 bits per heavy atom. The fourth-order valence-corrected chi connectivity index (χ4v) is 4.03. The lowest BCUT2D eigenvalue weighted by molar-refractivity contribution is -0.117. The van der Waals surface area contributed by atoms with Crippen molar-refractivity contribution in [3.05, 3.63) is 62.0 Å². The van der Waals surface area contributed by atoms with Crippen LogP contribution in [-0.4, -0.2) is 25.5 Å². The molecule has 0 spiro atoms. The molecule has 0 bridgehead atoms. The second kappa shape index (κ2) is 8.76. The van der Waals surface area contributed by atoms with Crippen LogP contribution in [-0.2, 0) is 17.9 Å². The van der Waals surface area contributed by atoms with Gasteiger partial charge in [-0.05, 0) is 37.5 Å². The topological polar surface area (TPSA) is 64.7 Å². The van der Waals surface area contributed by atoms with E-state index in [0.29, 0.717) is 28.1 Å². The van der Waals surface area contributed by atoms with E-state index in [9.17, 15) is 13.6 Å². The summed E-state index contributed by atoms with van der Waals surface area (Å²) in [6, 6.07) is 7.03. The summed E-state index contributed by atoms with van der Waals surface area (Å²) < 4.78 is 29.3. The van der Waals surface area contributed by atoms with Crippen molar-refractivity contribution in [1.82, 2.24) is 19.6 Å². The predicted molar refractivity (Wildman–Crippen MR) is 115 cm³/mol. The number of hydrogen-bond donors (Lipinski definition) is 1. The van der Waals surface area contributed by atoms with Crippen LogP contribution >= 0.6 is 34.8 Å². The molecule has 4 rings (SSSR count). The first-order valence-corrected chi connectivity index (χ1v) is 10.7. The van der Waals surface area contributed by atoms with E-state index in [-0.39, 0.29) is 17.5 Å². The number of rotatable bonds is 7. The molecule has 2 aromatic heterocycles. The van der Waals surface area contributed by atoms with Crippen LogP contribution in [0.3, 0.4) is 0 Å². The van der Waals surface area contributed by atoms with Crippen LogP contribution < -0.4 is 5.32 Å². The summed E-state index contributed by atoms with van der Waals surface area (Å²) in [5, 5.41) is 11.8. The van der Waals surface area contributed by atoms with E-state index in [1.807, 2.05) is 13.0 Å². The highest BCUT2D eigenvalue weighted by atomic mass is 35.5. The molecule has 1 aliphatic carbocycles. The molecule has 0 aliphatic heterocycles. The van der Waals surface area contributed by atoms with Gasteiger partial charge in [0, 0.05) is 17.7 Å². The fourth-order valence-electron chi connectivity index (χ4n) is 3.34. The van der Waals surface area contributed by atoms with E-state index in [1.165, 1.54) is 4.68 Å². The summed E-state index contributed by atoms with van der Waals surface area (Å²) in [5.41, 5.74) is 1.73. The van der Waals surface area contributed by atoms with E-state index in [1.54, 1.807) is 22.9 Å². The maximum atomic E-state index is 13.2. The van der Waals surface area contributed by atoms with Crippen molar-refractivity contribution < 1.29 is 13.6 Å². The van der Waals surface area contributed by atoms with Gasteiger partial charge in [0.1, 0.15) is 12.2 Å². The smallest absolute Gasteiger partial charge is 0.283 e. The quantitative estimate of drug-likeness (QED) is 0.454. The van der Waals surface area contributed by atoms with Gasteiger partial charge in [-0.1, -0.05) is 40.9 Å². The van der Waals surface area contributed by atoms with Gasteiger partial charge in [0.2, 0.25) is 5.91 Å². The molecule has 2 heterocycles. The average molecular weight is 489 g/mol. The van der Waals surface area contributed by atoms with Crippen LogP contribution in [0.2, 0.25) is 15.1 Å². The van der Waals surface area contributed by atoms with E-state index >= 15 is 0 Å². The SMILES string of the molecule is Cc1cc(NC(=O)Cn2nc(C(F)F)c(Cl)c2C2CC2)nn1Cc1ccc(Cl)c(Cl)c1. The van der Waals surface area contributed by atoms with Gasteiger partial charge in [0.15, 0.2) is 5.82 Å². The standard InChI is InChI=1S/C20H18Cl3F2N5O/c1-10-6-15(27-29(10)8-11-2-5-13(21)14(22)7-11)26-16(31)9-30-19(12-3-4-12)17(23)18(28-30)20(24)25/h2,5-7,12,20H,3-4,8-9H2,1H3,(H,26,27,31). The van der Waals surface area contributed by atoms with Crippen molar-refractivity contribution in [3.8, 4) is 0 Å². The maximum Gasteiger partial charge on any atom is 0.283 e. The van der Waals surface area contributed by atoms with Gasteiger partial charge in [-0.2, -0.15) is 10.2 Å². The van der Waals surface area contributed by atoms with Crippen LogP contribution in [0.25, 0.3) is 0 Å². The number of carbonyl (C=O) groups is 1. The first-order chi connectivity index (χ1) is 14.7. The van der Waals surface area contributed by atoms with Crippen LogP contribution in [0, 0.1) is 6.92 Å². The third-order valence-electron chi connectivity index (χ3n) is 4.99.